The van der Waals surface area contributed by atoms with Crippen LogP contribution in [-0.4, -0.2) is 58.4 Å². The van der Waals surface area contributed by atoms with E-state index in [4.69, 9.17) is 4.42 Å². The molecule has 0 spiro atoms. The van der Waals surface area contributed by atoms with Crippen LogP contribution in [-0.2, 0) is 6.42 Å². The second-order valence-corrected chi connectivity index (χ2v) is 6.50. The molecule has 0 saturated carbocycles. The van der Waals surface area contributed by atoms with Crippen LogP contribution in [0.5, 0.6) is 0 Å². The molecule has 4 aromatic rings. The van der Waals surface area contributed by atoms with E-state index in [2.05, 4.69) is 25.1 Å². The van der Waals surface area contributed by atoms with Crippen LogP contribution in [0.15, 0.2) is 60.1 Å². The molecule has 0 unspecified atom stereocenters. The number of hydrogen-bond acceptors (Lipinski definition) is 7. The highest BCUT2D eigenvalue weighted by Gasteiger charge is 2.33. The van der Waals surface area contributed by atoms with E-state index in [0.717, 1.165) is 11.4 Å². The fourth-order valence-corrected chi connectivity index (χ4v) is 3.09. The second-order valence-electron chi connectivity index (χ2n) is 6.50. The molecule has 1 amide bonds. The third-order valence-corrected chi connectivity index (χ3v) is 4.66. The Kier molecular flexibility index (Phi) is 3.93. The summed E-state index contributed by atoms with van der Waals surface area (Å²) in [5.74, 6) is 0.326. The Morgan fingerprint density at radius 3 is 2.75 bits per heavy atom. The summed E-state index contributed by atoms with van der Waals surface area (Å²) in [4.78, 5) is 28.5. The van der Waals surface area contributed by atoms with Gasteiger partial charge in [0, 0.05) is 31.2 Å². The number of rotatable bonds is 5. The standard InChI is InChI=1S/C18H16N8O2/c27-18(25-9-15(10-25)24-6-5-19-12-24)16-11-28-17(23-16)7-13-1-2-14(8-20-13)26-21-3-4-22-26/h1-6,8,11-12,15H,7,9-10H2. The summed E-state index contributed by atoms with van der Waals surface area (Å²) < 4.78 is 7.47. The van der Waals surface area contributed by atoms with E-state index in [1.807, 2.05) is 22.9 Å². The molecule has 1 aliphatic rings. The van der Waals surface area contributed by atoms with Gasteiger partial charge in [0.05, 0.1) is 37.4 Å². The van der Waals surface area contributed by atoms with E-state index >= 15 is 0 Å². The Morgan fingerprint density at radius 2 is 2.04 bits per heavy atom. The molecule has 5 heterocycles. The average molecular weight is 376 g/mol. The first kappa shape index (κ1) is 16.4. The maximum atomic E-state index is 12.5. The fraction of sp³-hybridized carbons (Fsp3) is 0.222. The van der Waals surface area contributed by atoms with Crippen LogP contribution in [0.4, 0.5) is 0 Å². The van der Waals surface area contributed by atoms with E-state index < -0.39 is 0 Å². The normalized spacial score (nSPS) is 14.2. The van der Waals surface area contributed by atoms with Crippen LogP contribution in [0.1, 0.15) is 28.1 Å². The van der Waals surface area contributed by atoms with Gasteiger partial charge in [0.2, 0.25) is 5.89 Å². The Balaban J connectivity index is 1.21. The lowest BCUT2D eigenvalue weighted by molar-refractivity contribution is 0.0514. The van der Waals surface area contributed by atoms with Crippen molar-refractivity contribution in [3.05, 3.63) is 73.0 Å². The molecule has 1 fully saturated rings. The van der Waals surface area contributed by atoms with Crippen molar-refractivity contribution in [2.75, 3.05) is 13.1 Å². The smallest absolute Gasteiger partial charge is 0.275 e. The van der Waals surface area contributed by atoms with E-state index in [-0.39, 0.29) is 11.9 Å². The van der Waals surface area contributed by atoms with Crippen LogP contribution in [0.2, 0.25) is 0 Å². The third kappa shape index (κ3) is 3.04. The number of hydrogen-bond donors (Lipinski definition) is 0. The number of nitrogens with zero attached hydrogens (tertiary/aromatic N) is 8. The summed E-state index contributed by atoms with van der Waals surface area (Å²) in [6.45, 7) is 1.28. The topological polar surface area (TPSA) is 108 Å². The van der Waals surface area contributed by atoms with Gasteiger partial charge in [0.25, 0.3) is 5.91 Å². The van der Waals surface area contributed by atoms with Gasteiger partial charge < -0.3 is 13.9 Å². The Morgan fingerprint density at radius 1 is 1.18 bits per heavy atom. The predicted octanol–water partition coefficient (Wildman–Crippen LogP) is 1.13. The minimum Gasteiger partial charge on any atom is -0.448 e. The number of pyridine rings is 1. The fourth-order valence-electron chi connectivity index (χ4n) is 3.09. The van der Waals surface area contributed by atoms with Gasteiger partial charge in [0.15, 0.2) is 5.69 Å². The molecule has 140 valence electrons. The highest BCUT2D eigenvalue weighted by atomic mass is 16.3. The first-order valence-corrected chi connectivity index (χ1v) is 8.79. The number of imidazole rings is 1. The van der Waals surface area contributed by atoms with Crippen molar-refractivity contribution in [3.63, 3.8) is 0 Å². The molecule has 0 atom stereocenters. The molecule has 10 heteroatoms. The SMILES string of the molecule is O=C(c1coc(Cc2ccc(-n3nccn3)cn2)n1)N1CC(n2ccnc2)C1. The van der Waals surface area contributed by atoms with Gasteiger partial charge in [-0.1, -0.05) is 0 Å². The summed E-state index contributed by atoms with van der Waals surface area (Å²) in [7, 11) is 0. The largest absolute Gasteiger partial charge is 0.448 e. The van der Waals surface area contributed by atoms with Gasteiger partial charge in [0.1, 0.15) is 12.0 Å². The molecular formula is C18H16N8O2. The van der Waals surface area contributed by atoms with Crippen LogP contribution < -0.4 is 0 Å². The zero-order chi connectivity index (χ0) is 18.9. The molecule has 10 nitrogen and oxygen atoms in total. The van der Waals surface area contributed by atoms with Gasteiger partial charge in [-0.05, 0) is 12.1 Å². The van der Waals surface area contributed by atoms with Gasteiger partial charge in [-0.2, -0.15) is 15.0 Å². The molecule has 28 heavy (non-hydrogen) atoms. The van der Waals surface area contributed by atoms with Crippen molar-refractivity contribution in [2.24, 2.45) is 0 Å². The van der Waals surface area contributed by atoms with Gasteiger partial charge in [-0.25, -0.2) is 9.97 Å². The number of aromatic nitrogens is 7. The van der Waals surface area contributed by atoms with Crippen LogP contribution in [0.3, 0.4) is 0 Å². The van der Waals surface area contributed by atoms with Gasteiger partial charge >= 0.3 is 0 Å². The summed E-state index contributed by atoms with van der Waals surface area (Å²) in [6.07, 6.45) is 12.1. The molecule has 0 aliphatic carbocycles. The lowest BCUT2D eigenvalue weighted by Crippen LogP contribution is -2.50. The van der Waals surface area contributed by atoms with E-state index in [1.54, 1.807) is 36.0 Å². The van der Waals surface area contributed by atoms with Gasteiger partial charge in [-0.15, -0.1) is 0 Å². The molecule has 0 aromatic carbocycles. The highest BCUT2D eigenvalue weighted by Crippen LogP contribution is 2.23. The summed E-state index contributed by atoms with van der Waals surface area (Å²) in [5.41, 5.74) is 1.86. The quantitative estimate of drug-likeness (QED) is 0.514. The molecule has 4 aromatic heterocycles. The van der Waals surface area contributed by atoms with Crippen LogP contribution in [0.25, 0.3) is 5.69 Å². The van der Waals surface area contributed by atoms with E-state index in [1.165, 1.54) is 11.1 Å². The molecule has 1 aliphatic heterocycles. The van der Waals surface area contributed by atoms with Crippen molar-refractivity contribution >= 4 is 5.91 Å². The molecule has 0 radical (unpaired) electrons. The molecule has 1 saturated heterocycles. The maximum Gasteiger partial charge on any atom is 0.275 e. The minimum absolute atomic E-state index is 0.126. The Hall–Kier alpha value is -3.82. The highest BCUT2D eigenvalue weighted by molar-refractivity contribution is 5.92. The van der Waals surface area contributed by atoms with Crippen LogP contribution in [0, 0.1) is 0 Å². The maximum absolute atomic E-state index is 12.5. The van der Waals surface area contributed by atoms with Crippen molar-refractivity contribution < 1.29 is 9.21 Å². The van der Waals surface area contributed by atoms with Crippen LogP contribution >= 0.6 is 0 Å². The third-order valence-electron chi connectivity index (χ3n) is 4.66. The molecular weight excluding hydrogens is 360 g/mol. The number of oxazole rings is 1. The molecule has 0 N–H and O–H groups in total. The summed E-state index contributed by atoms with van der Waals surface area (Å²) >= 11 is 0. The second kappa shape index (κ2) is 6.72. The number of likely N-dealkylation sites (tertiary alicyclic amines) is 1. The van der Waals surface area contributed by atoms with Crippen molar-refractivity contribution in [1.29, 1.82) is 0 Å². The van der Waals surface area contributed by atoms with Gasteiger partial charge in [-0.3, -0.25) is 9.78 Å². The van der Waals surface area contributed by atoms with E-state index in [0.29, 0.717) is 31.1 Å². The Labute approximate surface area is 159 Å². The number of amides is 1. The Bertz CT molecular complexity index is 1060. The number of carbonyl (C=O) groups is 1. The first-order chi connectivity index (χ1) is 13.8. The summed E-state index contributed by atoms with van der Waals surface area (Å²) in [5, 5.41) is 8.12. The monoisotopic (exact) mass is 376 g/mol. The average Bonchev–Trinajstić information content (AvgIpc) is 3.44. The zero-order valence-corrected chi connectivity index (χ0v) is 14.8. The first-order valence-electron chi connectivity index (χ1n) is 8.79. The van der Waals surface area contributed by atoms with E-state index in [9.17, 15) is 4.79 Å². The lowest BCUT2D eigenvalue weighted by atomic mass is 10.1. The minimum atomic E-state index is -0.126. The van der Waals surface area contributed by atoms with Crippen molar-refractivity contribution in [1.82, 2.24) is 39.4 Å². The predicted molar refractivity (Wildman–Crippen MR) is 95.6 cm³/mol. The summed E-state index contributed by atoms with van der Waals surface area (Å²) in [6, 6.07) is 3.99. The number of carbonyl (C=O) groups excluding carboxylic acids is 1. The lowest BCUT2D eigenvalue weighted by Gasteiger charge is -2.39. The zero-order valence-electron chi connectivity index (χ0n) is 14.8. The molecule has 5 rings (SSSR count). The molecule has 0 bridgehead atoms. The van der Waals surface area contributed by atoms with Crippen molar-refractivity contribution in [2.45, 2.75) is 12.5 Å². The van der Waals surface area contributed by atoms with Crippen molar-refractivity contribution in [3.8, 4) is 5.69 Å².